The van der Waals surface area contributed by atoms with Gasteiger partial charge in [-0.25, -0.2) is 21.9 Å². The monoisotopic (exact) mass is 279 g/mol. The van der Waals surface area contributed by atoms with Crippen LogP contribution in [0.15, 0.2) is 29.2 Å². The van der Waals surface area contributed by atoms with Gasteiger partial charge in [0.1, 0.15) is 0 Å². The van der Waals surface area contributed by atoms with Crippen LogP contribution in [0.1, 0.15) is 5.56 Å². The number of carboxylic acid groups (broad SMARTS) is 1. The largest absolute Gasteiger partial charge is 0.481 e. The fourth-order valence-corrected chi connectivity index (χ4v) is 2.22. The number of halogens is 2. The van der Waals surface area contributed by atoms with Gasteiger partial charge >= 0.3 is 5.97 Å². The maximum atomic E-state index is 11.9. The Labute approximate surface area is 102 Å². The molecule has 1 rings (SSSR count). The molecule has 0 radical (unpaired) electrons. The van der Waals surface area contributed by atoms with Gasteiger partial charge in [0.15, 0.2) is 0 Å². The van der Waals surface area contributed by atoms with E-state index in [0.29, 0.717) is 5.56 Å². The standard InChI is InChI=1S/C10H11F2NO4S/c11-9(12)6-13-18(16,17)8-3-1-7(2-4-8)5-10(14)15/h1-4,9,13H,5-6H2,(H,14,15). The van der Waals surface area contributed by atoms with Crippen molar-refractivity contribution >= 4 is 16.0 Å². The van der Waals surface area contributed by atoms with Crippen LogP contribution in [0.4, 0.5) is 8.78 Å². The molecule has 0 unspecified atom stereocenters. The SMILES string of the molecule is O=C(O)Cc1ccc(S(=O)(=O)NCC(F)F)cc1. The van der Waals surface area contributed by atoms with E-state index in [4.69, 9.17) is 5.11 Å². The van der Waals surface area contributed by atoms with Gasteiger partial charge < -0.3 is 5.11 Å². The minimum absolute atomic E-state index is 0.183. The topological polar surface area (TPSA) is 83.5 Å². The second-order valence-corrected chi connectivity index (χ2v) is 5.22. The maximum absolute atomic E-state index is 11.9. The van der Waals surface area contributed by atoms with E-state index in [1.54, 1.807) is 4.72 Å². The zero-order valence-electron chi connectivity index (χ0n) is 9.14. The molecule has 0 bridgehead atoms. The summed E-state index contributed by atoms with van der Waals surface area (Å²) in [5, 5.41) is 8.53. The molecule has 18 heavy (non-hydrogen) atoms. The van der Waals surface area contributed by atoms with E-state index in [1.807, 2.05) is 0 Å². The number of hydrogen-bond donors (Lipinski definition) is 2. The van der Waals surface area contributed by atoms with Gasteiger partial charge in [0.05, 0.1) is 17.9 Å². The summed E-state index contributed by atoms with van der Waals surface area (Å²) < 4.78 is 48.6. The molecule has 0 spiro atoms. The molecule has 0 fully saturated rings. The fourth-order valence-electron chi connectivity index (χ4n) is 1.22. The molecule has 0 aliphatic carbocycles. The lowest BCUT2D eigenvalue weighted by Gasteiger charge is -2.06. The predicted molar refractivity (Wildman–Crippen MR) is 59.0 cm³/mol. The lowest BCUT2D eigenvalue weighted by atomic mass is 10.2. The lowest BCUT2D eigenvalue weighted by Crippen LogP contribution is -2.28. The smallest absolute Gasteiger partial charge is 0.307 e. The van der Waals surface area contributed by atoms with Crippen molar-refractivity contribution in [2.24, 2.45) is 0 Å². The van der Waals surface area contributed by atoms with Crippen LogP contribution in [-0.2, 0) is 21.2 Å². The summed E-state index contributed by atoms with van der Waals surface area (Å²) in [6.45, 7) is -0.959. The number of carboxylic acids is 1. The zero-order chi connectivity index (χ0) is 13.8. The Morgan fingerprint density at radius 1 is 1.28 bits per heavy atom. The molecule has 8 heteroatoms. The molecule has 0 aliphatic rings. The zero-order valence-corrected chi connectivity index (χ0v) is 9.95. The van der Waals surface area contributed by atoms with Crippen LogP contribution in [0, 0.1) is 0 Å². The van der Waals surface area contributed by atoms with E-state index >= 15 is 0 Å². The van der Waals surface area contributed by atoms with Crippen molar-refractivity contribution < 1.29 is 27.1 Å². The van der Waals surface area contributed by atoms with Crippen LogP contribution < -0.4 is 4.72 Å². The summed E-state index contributed by atoms with van der Waals surface area (Å²) in [6, 6.07) is 4.99. The van der Waals surface area contributed by atoms with Gasteiger partial charge in [-0.05, 0) is 17.7 Å². The minimum Gasteiger partial charge on any atom is -0.481 e. The van der Waals surface area contributed by atoms with Crippen LogP contribution in [-0.4, -0.2) is 32.5 Å². The highest BCUT2D eigenvalue weighted by Crippen LogP contribution is 2.11. The van der Waals surface area contributed by atoms with Crippen molar-refractivity contribution in [1.82, 2.24) is 4.72 Å². The first-order valence-corrected chi connectivity index (χ1v) is 6.38. The summed E-state index contributed by atoms with van der Waals surface area (Å²) in [7, 11) is -3.98. The molecule has 0 saturated heterocycles. The Kier molecular flexibility index (Phi) is 4.74. The molecule has 5 nitrogen and oxygen atoms in total. The molecular weight excluding hydrogens is 268 g/mol. The molecule has 0 heterocycles. The van der Waals surface area contributed by atoms with E-state index < -0.39 is 29.0 Å². The Hall–Kier alpha value is -1.54. The predicted octanol–water partition coefficient (Wildman–Crippen LogP) is 0.857. The summed E-state index contributed by atoms with van der Waals surface area (Å²) in [6.07, 6.45) is -3.00. The Morgan fingerprint density at radius 2 is 1.83 bits per heavy atom. The van der Waals surface area contributed by atoms with Crippen molar-refractivity contribution in [3.63, 3.8) is 0 Å². The third kappa shape index (κ3) is 4.38. The van der Waals surface area contributed by atoms with E-state index in [1.165, 1.54) is 24.3 Å². The van der Waals surface area contributed by atoms with Gasteiger partial charge in [-0.1, -0.05) is 12.1 Å². The molecule has 1 aromatic rings. The third-order valence-corrected chi connectivity index (χ3v) is 3.46. The van der Waals surface area contributed by atoms with E-state index in [-0.39, 0.29) is 11.3 Å². The summed E-state index contributed by atoms with van der Waals surface area (Å²) in [4.78, 5) is 10.2. The normalized spacial score (nSPS) is 11.7. The molecule has 0 saturated carbocycles. The quantitative estimate of drug-likeness (QED) is 0.809. The lowest BCUT2D eigenvalue weighted by molar-refractivity contribution is -0.136. The Bertz CT molecular complexity index is 513. The first-order valence-electron chi connectivity index (χ1n) is 4.90. The molecule has 2 N–H and O–H groups in total. The third-order valence-electron chi connectivity index (χ3n) is 2.02. The van der Waals surface area contributed by atoms with Gasteiger partial charge in [-0.2, -0.15) is 0 Å². The van der Waals surface area contributed by atoms with Crippen LogP contribution in [0.5, 0.6) is 0 Å². The molecule has 0 aromatic heterocycles. The van der Waals surface area contributed by atoms with Gasteiger partial charge in [0, 0.05) is 0 Å². The highest BCUT2D eigenvalue weighted by atomic mass is 32.2. The number of alkyl halides is 2. The molecule has 100 valence electrons. The van der Waals surface area contributed by atoms with E-state index in [9.17, 15) is 22.0 Å². The number of rotatable bonds is 6. The number of sulfonamides is 1. The molecule has 0 aliphatic heterocycles. The summed E-state index contributed by atoms with van der Waals surface area (Å²) in [5.74, 6) is -1.04. The summed E-state index contributed by atoms with van der Waals surface area (Å²) in [5.41, 5.74) is 0.426. The van der Waals surface area contributed by atoms with Crippen molar-refractivity contribution in [3.05, 3.63) is 29.8 Å². The average Bonchev–Trinajstić information content (AvgIpc) is 2.26. The highest BCUT2D eigenvalue weighted by molar-refractivity contribution is 7.89. The van der Waals surface area contributed by atoms with E-state index in [2.05, 4.69) is 0 Å². The molecule has 0 amide bonds. The van der Waals surface area contributed by atoms with Crippen LogP contribution in [0.3, 0.4) is 0 Å². The van der Waals surface area contributed by atoms with Gasteiger partial charge in [-0.15, -0.1) is 0 Å². The Morgan fingerprint density at radius 3 is 2.28 bits per heavy atom. The first-order chi connectivity index (χ1) is 8.31. The molecular formula is C10H11F2NO4S. The number of hydrogen-bond acceptors (Lipinski definition) is 3. The van der Waals surface area contributed by atoms with Crippen LogP contribution >= 0.6 is 0 Å². The maximum Gasteiger partial charge on any atom is 0.307 e. The second-order valence-electron chi connectivity index (χ2n) is 3.46. The van der Waals surface area contributed by atoms with Crippen LogP contribution in [0.25, 0.3) is 0 Å². The van der Waals surface area contributed by atoms with Gasteiger partial charge in [-0.3, -0.25) is 4.79 Å². The highest BCUT2D eigenvalue weighted by Gasteiger charge is 2.16. The summed E-state index contributed by atoms with van der Waals surface area (Å²) >= 11 is 0. The minimum atomic E-state index is -3.98. The second kappa shape index (κ2) is 5.87. The average molecular weight is 279 g/mol. The van der Waals surface area contributed by atoms with E-state index in [0.717, 1.165) is 0 Å². The van der Waals surface area contributed by atoms with Crippen molar-refractivity contribution in [1.29, 1.82) is 0 Å². The van der Waals surface area contributed by atoms with Crippen LogP contribution in [0.2, 0.25) is 0 Å². The number of aliphatic carboxylic acids is 1. The van der Waals surface area contributed by atoms with Crippen molar-refractivity contribution in [3.8, 4) is 0 Å². The number of carbonyl (C=O) groups is 1. The Balaban J connectivity index is 2.81. The van der Waals surface area contributed by atoms with Gasteiger partial charge in [0.25, 0.3) is 6.43 Å². The molecule has 0 atom stereocenters. The van der Waals surface area contributed by atoms with Crippen molar-refractivity contribution in [2.75, 3.05) is 6.54 Å². The fraction of sp³-hybridized carbons (Fsp3) is 0.300. The van der Waals surface area contributed by atoms with Crippen molar-refractivity contribution in [2.45, 2.75) is 17.7 Å². The van der Waals surface area contributed by atoms with Gasteiger partial charge in [0.2, 0.25) is 10.0 Å². The number of nitrogens with one attached hydrogen (secondary N) is 1. The first kappa shape index (κ1) is 14.5. The number of benzene rings is 1. The molecule has 1 aromatic carbocycles.